The normalized spacial score (nSPS) is 14.3. The second kappa shape index (κ2) is 10.2. The third-order valence-electron chi connectivity index (χ3n) is 5.61. The highest BCUT2D eigenvalue weighted by atomic mass is 32.2. The van der Waals surface area contributed by atoms with Crippen LogP contribution in [0.3, 0.4) is 0 Å². The topological polar surface area (TPSA) is 86.8 Å². The molecule has 0 aromatic heterocycles. The summed E-state index contributed by atoms with van der Waals surface area (Å²) in [6.45, 7) is 5.13. The average Bonchev–Trinajstić information content (AvgIpc) is 2.77. The molecule has 0 saturated carbocycles. The van der Waals surface area contributed by atoms with E-state index in [2.05, 4.69) is 19.2 Å². The van der Waals surface area contributed by atoms with Crippen molar-refractivity contribution in [1.29, 1.82) is 0 Å². The number of sulfonamides is 1. The molecule has 2 aromatic carbocycles. The van der Waals surface area contributed by atoms with Crippen LogP contribution in [-0.2, 0) is 14.8 Å². The SMILES string of the molecule is CC(C)c1ccc(N(CC(=O)Nc2ccccc2C(=O)N2CCCCC2)S(C)(=O)=O)cc1. The molecule has 1 aliphatic heterocycles. The summed E-state index contributed by atoms with van der Waals surface area (Å²) in [6.07, 6.45) is 4.13. The molecular weight excluding hydrogens is 426 g/mol. The lowest BCUT2D eigenvalue weighted by Gasteiger charge is -2.27. The maximum absolute atomic E-state index is 13.0. The molecule has 0 radical (unpaired) electrons. The Bertz CT molecular complexity index is 1060. The quantitative estimate of drug-likeness (QED) is 0.684. The number of rotatable bonds is 7. The molecule has 172 valence electrons. The Morgan fingerprint density at radius 2 is 1.62 bits per heavy atom. The van der Waals surface area contributed by atoms with Gasteiger partial charge in [-0.25, -0.2) is 8.42 Å². The highest BCUT2D eigenvalue weighted by molar-refractivity contribution is 7.92. The largest absolute Gasteiger partial charge is 0.339 e. The van der Waals surface area contributed by atoms with Gasteiger partial charge in [0.1, 0.15) is 6.54 Å². The van der Waals surface area contributed by atoms with Crippen LogP contribution in [0.4, 0.5) is 11.4 Å². The molecule has 2 aromatic rings. The molecule has 7 nitrogen and oxygen atoms in total. The van der Waals surface area contributed by atoms with Crippen LogP contribution in [0.1, 0.15) is 54.9 Å². The molecule has 0 spiro atoms. The van der Waals surface area contributed by atoms with Crippen molar-refractivity contribution in [2.45, 2.75) is 39.0 Å². The number of carbonyl (C=O) groups excluding carboxylic acids is 2. The summed E-state index contributed by atoms with van der Waals surface area (Å²) in [4.78, 5) is 27.6. The second-order valence-electron chi connectivity index (χ2n) is 8.46. The zero-order chi connectivity index (χ0) is 23.3. The van der Waals surface area contributed by atoms with Gasteiger partial charge in [-0.3, -0.25) is 13.9 Å². The Labute approximate surface area is 190 Å². The molecule has 0 unspecified atom stereocenters. The van der Waals surface area contributed by atoms with Crippen LogP contribution < -0.4 is 9.62 Å². The van der Waals surface area contributed by atoms with E-state index in [1.54, 1.807) is 41.3 Å². The van der Waals surface area contributed by atoms with Crippen LogP contribution in [0.15, 0.2) is 48.5 Å². The summed E-state index contributed by atoms with van der Waals surface area (Å²) >= 11 is 0. The van der Waals surface area contributed by atoms with Gasteiger partial charge < -0.3 is 10.2 Å². The van der Waals surface area contributed by atoms with Crippen LogP contribution in [0, 0.1) is 0 Å². The molecule has 0 aliphatic carbocycles. The molecule has 1 saturated heterocycles. The monoisotopic (exact) mass is 457 g/mol. The van der Waals surface area contributed by atoms with E-state index in [9.17, 15) is 18.0 Å². The van der Waals surface area contributed by atoms with E-state index in [1.807, 2.05) is 12.1 Å². The zero-order valence-electron chi connectivity index (χ0n) is 18.9. The molecule has 2 amide bonds. The Hall–Kier alpha value is -2.87. The summed E-state index contributed by atoms with van der Waals surface area (Å²) in [6, 6.07) is 14.0. The molecule has 0 bridgehead atoms. The Morgan fingerprint density at radius 1 is 1.00 bits per heavy atom. The van der Waals surface area contributed by atoms with Crippen molar-refractivity contribution in [2.75, 3.05) is 35.5 Å². The Kier molecular flexibility index (Phi) is 7.56. The number of benzene rings is 2. The first-order valence-corrected chi connectivity index (χ1v) is 12.8. The lowest BCUT2D eigenvalue weighted by molar-refractivity contribution is -0.114. The van der Waals surface area contributed by atoms with Crippen molar-refractivity contribution in [1.82, 2.24) is 4.90 Å². The third-order valence-corrected chi connectivity index (χ3v) is 6.75. The molecule has 8 heteroatoms. The van der Waals surface area contributed by atoms with Gasteiger partial charge in [0, 0.05) is 13.1 Å². The fourth-order valence-electron chi connectivity index (χ4n) is 3.79. The minimum atomic E-state index is -3.68. The number of nitrogens with zero attached hydrogens (tertiary/aromatic N) is 2. The molecule has 1 heterocycles. The number of piperidine rings is 1. The first kappa shape index (κ1) is 23.8. The number of amides is 2. The van der Waals surface area contributed by atoms with E-state index in [-0.39, 0.29) is 12.5 Å². The van der Waals surface area contributed by atoms with Crippen LogP contribution in [-0.4, -0.2) is 51.0 Å². The van der Waals surface area contributed by atoms with Crippen molar-refractivity contribution < 1.29 is 18.0 Å². The third kappa shape index (κ3) is 5.88. The van der Waals surface area contributed by atoms with Gasteiger partial charge in [-0.15, -0.1) is 0 Å². The van der Waals surface area contributed by atoms with Crippen molar-refractivity contribution in [3.63, 3.8) is 0 Å². The lowest BCUT2D eigenvalue weighted by atomic mass is 10.0. The maximum Gasteiger partial charge on any atom is 0.255 e. The highest BCUT2D eigenvalue weighted by Gasteiger charge is 2.24. The predicted octanol–water partition coefficient (Wildman–Crippen LogP) is 3.84. The van der Waals surface area contributed by atoms with Gasteiger partial charge in [0.2, 0.25) is 15.9 Å². The van der Waals surface area contributed by atoms with Gasteiger partial charge in [0.05, 0.1) is 23.2 Å². The standard InChI is InChI=1S/C24H31N3O4S/c1-18(2)19-11-13-20(14-12-19)27(32(3,30)31)17-23(28)25-22-10-6-5-9-21(22)24(29)26-15-7-4-8-16-26/h5-6,9-14,18H,4,7-8,15-17H2,1-3H3,(H,25,28). The minimum Gasteiger partial charge on any atom is -0.339 e. The molecule has 1 aliphatic rings. The first-order valence-electron chi connectivity index (χ1n) is 10.9. The van der Waals surface area contributed by atoms with E-state index in [0.717, 1.165) is 35.4 Å². The Balaban J connectivity index is 1.78. The number of para-hydroxylation sites is 1. The van der Waals surface area contributed by atoms with Gasteiger partial charge in [0.25, 0.3) is 5.91 Å². The molecule has 0 atom stereocenters. The molecule has 1 N–H and O–H groups in total. The second-order valence-corrected chi connectivity index (χ2v) is 10.4. The van der Waals surface area contributed by atoms with Crippen molar-refractivity contribution in [3.05, 3.63) is 59.7 Å². The fourth-order valence-corrected chi connectivity index (χ4v) is 4.65. The Morgan fingerprint density at radius 3 is 2.22 bits per heavy atom. The maximum atomic E-state index is 13.0. The average molecular weight is 458 g/mol. The number of anilines is 2. The van der Waals surface area contributed by atoms with E-state index in [0.29, 0.717) is 35.9 Å². The summed E-state index contributed by atoms with van der Waals surface area (Å²) < 4.78 is 25.9. The van der Waals surface area contributed by atoms with Crippen LogP contribution in [0.5, 0.6) is 0 Å². The summed E-state index contributed by atoms with van der Waals surface area (Å²) in [5, 5.41) is 2.74. The van der Waals surface area contributed by atoms with Crippen molar-refractivity contribution in [3.8, 4) is 0 Å². The van der Waals surface area contributed by atoms with Gasteiger partial charge in [-0.2, -0.15) is 0 Å². The van der Waals surface area contributed by atoms with Crippen LogP contribution in [0.25, 0.3) is 0 Å². The number of likely N-dealkylation sites (tertiary alicyclic amines) is 1. The molecule has 1 fully saturated rings. The minimum absolute atomic E-state index is 0.121. The predicted molar refractivity (Wildman–Crippen MR) is 128 cm³/mol. The van der Waals surface area contributed by atoms with Crippen molar-refractivity contribution >= 4 is 33.2 Å². The highest BCUT2D eigenvalue weighted by Crippen LogP contribution is 2.23. The molecular formula is C24H31N3O4S. The summed E-state index contributed by atoms with van der Waals surface area (Å²) in [7, 11) is -3.68. The lowest BCUT2D eigenvalue weighted by Crippen LogP contribution is -2.38. The van der Waals surface area contributed by atoms with E-state index in [1.165, 1.54) is 0 Å². The smallest absolute Gasteiger partial charge is 0.255 e. The number of carbonyl (C=O) groups is 2. The van der Waals surface area contributed by atoms with Gasteiger partial charge in [-0.05, 0) is 55.0 Å². The van der Waals surface area contributed by atoms with Gasteiger partial charge in [0.15, 0.2) is 0 Å². The summed E-state index contributed by atoms with van der Waals surface area (Å²) in [5.74, 6) is -0.319. The van der Waals surface area contributed by atoms with E-state index < -0.39 is 15.9 Å². The number of nitrogens with one attached hydrogen (secondary N) is 1. The van der Waals surface area contributed by atoms with E-state index in [4.69, 9.17) is 0 Å². The summed E-state index contributed by atoms with van der Waals surface area (Å²) in [5.41, 5.74) is 2.30. The first-order chi connectivity index (χ1) is 15.2. The molecule has 3 rings (SSSR count). The number of hydrogen-bond donors (Lipinski definition) is 1. The van der Waals surface area contributed by atoms with Crippen LogP contribution >= 0.6 is 0 Å². The van der Waals surface area contributed by atoms with E-state index >= 15 is 0 Å². The number of hydrogen-bond acceptors (Lipinski definition) is 4. The van der Waals surface area contributed by atoms with Crippen LogP contribution in [0.2, 0.25) is 0 Å². The van der Waals surface area contributed by atoms with Gasteiger partial charge >= 0.3 is 0 Å². The fraction of sp³-hybridized carbons (Fsp3) is 0.417. The molecule has 32 heavy (non-hydrogen) atoms. The van der Waals surface area contributed by atoms with Gasteiger partial charge in [-0.1, -0.05) is 38.1 Å². The zero-order valence-corrected chi connectivity index (χ0v) is 19.7. The van der Waals surface area contributed by atoms with Crippen molar-refractivity contribution in [2.24, 2.45) is 0 Å².